The van der Waals surface area contributed by atoms with Crippen molar-refractivity contribution in [1.29, 1.82) is 0 Å². The molecule has 0 saturated heterocycles. The summed E-state index contributed by atoms with van der Waals surface area (Å²) in [6.07, 6.45) is 0.974. The lowest BCUT2D eigenvalue weighted by atomic mass is 10.2. The van der Waals surface area contributed by atoms with E-state index in [0.29, 0.717) is 12.3 Å². The molecule has 0 aliphatic carbocycles. The fourth-order valence-electron chi connectivity index (χ4n) is 3.77. The van der Waals surface area contributed by atoms with Crippen LogP contribution in [0.25, 0.3) is 0 Å². The summed E-state index contributed by atoms with van der Waals surface area (Å²) in [6, 6.07) is 12.6. The minimum absolute atomic E-state index is 0.127. The summed E-state index contributed by atoms with van der Waals surface area (Å²) in [7, 11) is 6.28. The number of Topliss-reactive ketones (excluding diaryl/α,β-unsaturated/α-hetero) is 1. The Morgan fingerprint density at radius 3 is 2.43 bits per heavy atom. The number of carbonyl (C=O) groups excluding carboxylic acids is 1. The lowest BCUT2D eigenvalue weighted by Crippen LogP contribution is -3.06. The van der Waals surface area contributed by atoms with Crippen molar-refractivity contribution in [2.24, 2.45) is 7.05 Å². The average Bonchev–Trinajstić information content (AvgIpc) is 3.23. The Kier molecular flexibility index (Phi) is 7.15. The fourth-order valence-corrected chi connectivity index (χ4v) is 4.60. The normalized spacial score (nSPS) is 12.5. The number of nitrogens with zero attached hydrogens (tertiary/aromatic N) is 4. The van der Waals surface area contributed by atoms with E-state index in [1.54, 1.807) is 0 Å². The van der Waals surface area contributed by atoms with Gasteiger partial charge in [0.15, 0.2) is 16.8 Å². The number of quaternary nitrogens is 1. The van der Waals surface area contributed by atoms with E-state index in [-0.39, 0.29) is 11.8 Å². The maximum atomic E-state index is 12.9. The lowest BCUT2D eigenvalue weighted by Gasteiger charge is -2.20. The molecule has 0 fully saturated rings. The summed E-state index contributed by atoms with van der Waals surface area (Å²) < 4.78 is 4.23. The monoisotopic (exact) mass is 426 g/mol. The van der Waals surface area contributed by atoms with Crippen molar-refractivity contribution in [1.82, 2.24) is 19.3 Å². The number of benzene rings is 1. The number of hydrogen-bond acceptors (Lipinski definition) is 4. The van der Waals surface area contributed by atoms with Gasteiger partial charge in [-0.25, -0.2) is 0 Å². The van der Waals surface area contributed by atoms with Crippen molar-refractivity contribution in [3.05, 3.63) is 64.7 Å². The van der Waals surface area contributed by atoms with E-state index in [2.05, 4.69) is 52.5 Å². The van der Waals surface area contributed by atoms with Crippen LogP contribution in [-0.4, -0.2) is 45.0 Å². The van der Waals surface area contributed by atoms with E-state index in [4.69, 9.17) is 0 Å². The second-order valence-corrected chi connectivity index (χ2v) is 8.95. The molecule has 0 radical (unpaired) electrons. The molecule has 160 valence electrons. The van der Waals surface area contributed by atoms with Gasteiger partial charge >= 0.3 is 0 Å². The van der Waals surface area contributed by atoms with Crippen molar-refractivity contribution in [3.8, 4) is 0 Å². The highest BCUT2D eigenvalue weighted by atomic mass is 32.2. The molecule has 0 aliphatic heterocycles. The van der Waals surface area contributed by atoms with Crippen LogP contribution in [0.1, 0.15) is 52.5 Å². The quantitative estimate of drug-likeness (QED) is 0.422. The number of carbonyl (C=O) groups is 1. The maximum Gasteiger partial charge on any atom is 0.192 e. The van der Waals surface area contributed by atoms with Crippen LogP contribution in [0.2, 0.25) is 0 Å². The number of aryl methyl sites for hydroxylation is 1. The van der Waals surface area contributed by atoms with Gasteiger partial charge in [0, 0.05) is 30.4 Å². The predicted octanol–water partition coefficient (Wildman–Crippen LogP) is 2.85. The highest BCUT2D eigenvalue weighted by Crippen LogP contribution is 2.24. The molecule has 0 aliphatic rings. The van der Waals surface area contributed by atoms with Gasteiger partial charge in [-0.3, -0.25) is 9.36 Å². The third kappa shape index (κ3) is 4.68. The Morgan fingerprint density at radius 1 is 1.17 bits per heavy atom. The first kappa shape index (κ1) is 22.3. The van der Waals surface area contributed by atoms with E-state index in [1.807, 2.05) is 45.2 Å². The van der Waals surface area contributed by atoms with Gasteiger partial charge in [0.25, 0.3) is 0 Å². The summed E-state index contributed by atoms with van der Waals surface area (Å²) in [5.41, 5.74) is 4.09. The van der Waals surface area contributed by atoms with E-state index < -0.39 is 0 Å². The smallest absolute Gasteiger partial charge is 0.192 e. The van der Waals surface area contributed by atoms with E-state index in [1.165, 1.54) is 22.2 Å². The topological polar surface area (TPSA) is 57.1 Å². The lowest BCUT2D eigenvalue weighted by molar-refractivity contribution is -0.893. The van der Waals surface area contributed by atoms with Crippen LogP contribution in [0, 0.1) is 13.8 Å². The zero-order valence-electron chi connectivity index (χ0n) is 18.8. The summed E-state index contributed by atoms with van der Waals surface area (Å²) in [4.78, 5) is 14.2. The minimum atomic E-state index is 0.127. The average molecular weight is 427 g/mol. The molecule has 6 nitrogen and oxygen atoms in total. The summed E-state index contributed by atoms with van der Waals surface area (Å²) in [5, 5.41) is 9.82. The molecule has 30 heavy (non-hydrogen) atoms. The first-order chi connectivity index (χ1) is 14.3. The van der Waals surface area contributed by atoms with Crippen molar-refractivity contribution in [2.45, 2.75) is 44.9 Å². The molecule has 2 aromatic heterocycles. The molecule has 1 atom stereocenters. The largest absolute Gasteiger partial charge is 0.351 e. The highest BCUT2D eigenvalue weighted by Gasteiger charge is 2.25. The fraction of sp³-hybridized carbons (Fsp3) is 0.435. The number of thioether (sulfide) groups is 1. The number of hydrogen-bond donors (Lipinski definition) is 1. The Bertz CT molecular complexity index is 1010. The third-order valence-electron chi connectivity index (χ3n) is 5.75. The second-order valence-electron chi connectivity index (χ2n) is 8.01. The molecule has 3 aromatic rings. The zero-order chi connectivity index (χ0) is 21.8. The van der Waals surface area contributed by atoms with Gasteiger partial charge in [0.1, 0.15) is 6.04 Å². The van der Waals surface area contributed by atoms with Gasteiger partial charge in [-0.05, 0) is 25.5 Å². The van der Waals surface area contributed by atoms with E-state index in [0.717, 1.165) is 34.4 Å². The summed E-state index contributed by atoms with van der Waals surface area (Å²) in [6.45, 7) is 6.89. The molecule has 1 aromatic carbocycles. The molecular formula is C23H32N5OS+. The molecule has 1 N–H and O–H groups in total. The molecule has 0 spiro atoms. The number of aromatic nitrogens is 4. The summed E-state index contributed by atoms with van der Waals surface area (Å²) >= 11 is 1.47. The molecule has 0 saturated carbocycles. The molecule has 0 bridgehead atoms. The predicted molar refractivity (Wildman–Crippen MR) is 121 cm³/mol. The zero-order valence-corrected chi connectivity index (χ0v) is 19.6. The molecule has 3 rings (SSSR count). The first-order valence-corrected chi connectivity index (χ1v) is 11.4. The van der Waals surface area contributed by atoms with Gasteiger partial charge in [-0.1, -0.05) is 49.0 Å². The Balaban J connectivity index is 1.87. The van der Waals surface area contributed by atoms with Crippen LogP contribution in [0.15, 0.2) is 41.6 Å². The maximum absolute atomic E-state index is 12.9. The Hall–Kier alpha value is -2.38. The first-order valence-electron chi connectivity index (χ1n) is 10.4. The van der Waals surface area contributed by atoms with Gasteiger partial charge < -0.3 is 9.47 Å². The molecule has 0 unspecified atom stereocenters. The number of nitrogens with one attached hydrogen (secondary N) is 1. The van der Waals surface area contributed by atoms with Crippen LogP contribution in [0.5, 0.6) is 0 Å². The van der Waals surface area contributed by atoms with Gasteiger partial charge in [-0.15, -0.1) is 10.2 Å². The van der Waals surface area contributed by atoms with Crippen molar-refractivity contribution < 1.29 is 9.69 Å². The van der Waals surface area contributed by atoms with E-state index >= 15 is 0 Å². The molecule has 7 heteroatoms. The van der Waals surface area contributed by atoms with Gasteiger partial charge in [-0.2, -0.15) is 0 Å². The Labute approximate surface area is 183 Å². The van der Waals surface area contributed by atoms with Crippen molar-refractivity contribution in [3.63, 3.8) is 0 Å². The van der Waals surface area contributed by atoms with Crippen LogP contribution < -0.4 is 4.90 Å². The van der Waals surface area contributed by atoms with Crippen molar-refractivity contribution in [2.75, 3.05) is 19.8 Å². The highest BCUT2D eigenvalue weighted by molar-refractivity contribution is 7.99. The van der Waals surface area contributed by atoms with Crippen LogP contribution in [0.3, 0.4) is 0 Å². The van der Waals surface area contributed by atoms with Crippen LogP contribution in [-0.2, 0) is 13.6 Å². The second kappa shape index (κ2) is 9.62. The molecule has 2 heterocycles. The Morgan fingerprint density at radius 2 is 1.87 bits per heavy atom. The third-order valence-corrected chi connectivity index (χ3v) is 6.72. The van der Waals surface area contributed by atoms with Crippen LogP contribution in [0.4, 0.5) is 0 Å². The van der Waals surface area contributed by atoms with Gasteiger partial charge in [0.05, 0.1) is 26.4 Å². The molecular weight excluding hydrogens is 394 g/mol. The summed E-state index contributed by atoms with van der Waals surface area (Å²) in [5.74, 6) is 1.45. The van der Waals surface area contributed by atoms with E-state index in [9.17, 15) is 4.79 Å². The van der Waals surface area contributed by atoms with Crippen LogP contribution >= 0.6 is 11.8 Å². The van der Waals surface area contributed by atoms with Crippen molar-refractivity contribution >= 4 is 17.5 Å². The molecule has 0 amide bonds. The standard InChI is InChI=1S/C23H31N5OS/c1-7-20(26(4)5)22-24-25-23(28(22)14-18-11-9-8-10-12-18)30-15-21(29)19-13-16(2)27(6)17(19)3/h8-13,20H,7,14-15H2,1-6H3/p+1/t20-/m1/s1. The minimum Gasteiger partial charge on any atom is -0.351 e. The number of ketones is 1. The van der Waals surface area contributed by atoms with Gasteiger partial charge in [0.2, 0.25) is 0 Å². The SMILES string of the molecule is CC[C@H](c1nnc(SCC(=O)c2cc(C)n(C)c2C)n1Cc1ccccc1)[NH+](C)C. The number of rotatable bonds is 9.